The lowest BCUT2D eigenvalue weighted by Gasteiger charge is -2.31. The minimum atomic E-state index is -0.0410. The summed E-state index contributed by atoms with van der Waals surface area (Å²) in [5.41, 5.74) is 5.87. The highest BCUT2D eigenvalue weighted by Gasteiger charge is 2.26. The van der Waals surface area contributed by atoms with E-state index in [1.54, 1.807) is 0 Å². The maximum absolute atomic E-state index is 9.24. The van der Waals surface area contributed by atoms with Crippen LogP contribution >= 0.6 is 0 Å². The molecule has 0 rings (SSSR count). The monoisotopic (exact) mass is 357 g/mol. The molecule has 3 nitrogen and oxygen atoms in total. The molecule has 0 bridgehead atoms. The van der Waals surface area contributed by atoms with Crippen LogP contribution in [0.15, 0.2) is 0 Å². The van der Waals surface area contributed by atoms with Gasteiger partial charge in [0.2, 0.25) is 0 Å². The molecule has 0 aliphatic heterocycles. The molecule has 0 aromatic rings. The molecule has 0 aliphatic rings. The summed E-state index contributed by atoms with van der Waals surface area (Å²) < 4.78 is 0. The molecule has 0 fully saturated rings. The maximum atomic E-state index is 9.24. The fourth-order valence-corrected chi connectivity index (χ4v) is 3.85. The third-order valence-electron chi connectivity index (χ3n) is 5.78. The zero-order valence-electron chi connectivity index (χ0n) is 17.1. The van der Waals surface area contributed by atoms with E-state index in [0.717, 1.165) is 19.3 Å². The van der Waals surface area contributed by atoms with Gasteiger partial charge in [-0.1, -0.05) is 96.8 Å². The molecular formula is C22H47NO2. The molecule has 152 valence electrons. The van der Waals surface area contributed by atoms with Gasteiger partial charge in [-0.3, -0.25) is 0 Å². The normalized spacial score (nSPS) is 12.0. The SMILES string of the molecule is CCCCCCCCCCCCCCCCC(CN)(CCO)CCO. The van der Waals surface area contributed by atoms with Gasteiger partial charge in [0.15, 0.2) is 0 Å². The second-order valence-electron chi connectivity index (χ2n) is 8.00. The molecule has 0 saturated heterocycles. The van der Waals surface area contributed by atoms with Gasteiger partial charge in [0.25, 0.3) is 0 Å². The topological polar surface area (TPSA) is 66.5 Å². The van der Waals surface area contributed by atoms with Crippen LogP contribution in [0.1, 0.15) is 116 Å². The van der Waals surface area contributed by atoms with Crippen LogP contribution in [0.5, 0.6) is 0 Å². The van der Waals surface area contributed by atoms with E-state index in [9.17, 15) is 10.2 Å². The van der Waals surface area contributed by atoms with Gasteiger partial charge in [-0.25, -0.2) is 0 Å². The predicted molar refractivity (Wildman–Crippen MR) is 110 cm³/mol. The van der Waals surface area contributed by atoms with Crippen LogP contribution in [-0.2, 0) is 0 Å². The molecule has 0 aromatic carbocycles. The molecular weight excluding hydrogens is 310 g/mol. The summed E-state index contributed by atoms with van der Waals surface area (Å²) in [5, 5.41) is 18.5. The van der Waals surface area contributed by atoms with Crippen molar-refractivity contribution in [3.63, 3.8) is 0 Å². The van der Waals surface area contributed by atoms with Crippen molar-refractivity contribution in [1.29, 1.82) is 0 Å². The summed E-state index contributed by atoms with van der Waals surface area (Å²) in [7, 11) is 0. The van der Waals surface area contributed by atoms with E-state index in [2.05, 4.69) is 6.92 Å². The Hall–Kier alpha value is -0.120. The van der Waals surface area contributed by atoms with Crippen molar-refractivity contribution in [2.24, 2.45) is 11.1 Å². The zero-order valence-corrected chi connectivity index (χ0v) is 17.1. The Balaban J connectivity index is 3.42. The summed E-state index contributed by atoms with van der Waals surface area (Å²) in [4.78, 5) is 0. The van der Waals surface area contributed by atoms with Crippen LogP contribution in [-0.4, -0.2) is 30.0 Å². The Morgan fingerprint density at radius 1 is 0.560 bits per heavy atom. The summed E-state index contributed by atoms with van der Waals surface area (Å²) in [6.07, 6.45) is 21.7. The summed E-state index contributed by atoms with van der Waals surface area (Å²) in [6.45, 7) is 3.21. The average molecular weight is 358 g/mol. The highest BCUT2D eigenvalue weighted by molar-refractivity contribution is 4.80. The Morgan fingerprint density at radius 2 is 0.920 bits per heavy atom. The van der Waals surface area contributed by atoms with E-state index < -0.39 is 0 Å². The summed E-state index contributed by atoms with van der Waals surface area (Å²) >= 11 is 0. The summed E-state index contributed by atoms with van der Waals surface area (Å²) in [6, 6.07) is 0. The lowest BCUT2D eigenvalue weighted by molar-refractivity contribution is 0.127. The molecule has 0 aliphatic carbocycles. The van der Waals surface area contributed by atoms with Crippen molar-refractivity contribution in [1.82, 2.24) is 0 Å². The number of unbranched alkanes of at least 4 members (excludes halogenated alkanes) is 13. The van der Waals surface area contributed by atoms with Gasteiger partial charge in [0, 0.05) is 13.2 Å². The Bertz CT molecular complexity index is 252. The Morgan fingerprint density at radius 3 is 1.24 bits per heavy atom. The molecule has 0 unspecified atom stereocenters. The quantitative estimate of drug-likeness (QED) is 0.250. The van der Waals surface area contributed by atoms with Gasteiger partial charge in [-0.15, -0.1) is 0 Å². The fraction of sp³-hybridized carbons (Fsp3) is 1.00. The van der Waals surface area contributed by atoms with E-state index in [0.29, 0.717) is 6.54 Å². The first-order chi connectivity index (χ1) is 12.2. The number of aliphatic hydroxyl groups is 2. The van der Waals surface area contributed by atoms with Crippen molar-refractivity contribution in [3.05, 3.63) is 0 Å². The number of rotatable bonds is 20. The number of nitrogens with two attached hydrogens (primary N) is 1. The fourth-order valence-electron chi connectivity index (χ4n) is 3.85. The van der Waals surface area contributed by atoms with Gasteiger partial charge in [0.1, 0.15) is 0 Å². The number of hydrogen-bond acceptors (Lipinski definition) is 3. The van der Waals surface area contributed by atoms with E-state index in [1.807, 2.05) is 0 Å². The lowest BCUT2D eigenvalue weighted by Crippen LogP contribution is -2.32. The van der Waals surface area contributed by atoms with Crippen LogP contribution < -0.4 is 5.73 Å². The molecule has 0 amide bonds. The largest absolute Gasteiger partial charge is 0.396 e. The third kappa shape index (κ3) is 14.7. The van der Waals surface area contributed by atoms with Crippen LogP contribution in [0.2, 0.25) is 0 Å². The lowest BCUT2D eigenvalue weighted by atomic mass is 9.77. The van der Waals surface area contributed by atoms with E-state index in [4.69, 9.17) is 5.73 Å². The Kier molecular flexibility index (Phi) is 18.6. The molecule has 0 heterocycles. The highest BCUT2D eigenvalue weighted by atomic mass is 16.3. The first kappa shape index (κ1) is 24.9. The molecule has 3 heteroatoms. The summed E-state index contributed by atoms with van der Waals surface area (Å²) in [5.74, 6) is 0. The van der Waals surface area contributed by atoms with E-state index >= 15 is 0 Å². The predicted octanol–water partition coefficient (Wildman–Crippen LogP) is 5.57. The van der Waals surface area contributed by atoms with Crippen LogP contribution in [0.4, 0.5) is 0 Å². The van der Waals surface area contributed by atoms with Gasteiger partial charge < -0.3 is 15.9 Å². The molecule has 0 atom stereocenters. The molecule has 0 saturated carbocycles. The van der Waals surface area contributed by atoms with Crippen LogP contribution in [0.25, 0.3) is 0 Å². The molecule has 4 N–H and O–H groups in total. The Labute approximate surface area is 157 Å². The molecule has 25 heavy (non-hydrogen) atoms. The number of aliphatic hydroxyl groups excluding tert-OH is 2. The first-order valence-corrected chi connectivity index (χ1v) is 11.2. The van der Waals surface area contributed by atoms with Gasteiger partial charge in [-0.05, 0) is 31.2 Å². The third-order valence-corrected chi connectivity index (χ3v) is 5.78. The van der Waals surface area contributed by atoms with E-state index in [-0.39, 0.29) is 18.6 Å². The van der Waals surface area contributed by atoms with Crippen molar-refractivity contribution < 1.29 is 10.2 Å². The standard InChI is InChI=1S/C22H47NO2/c1-2-3-4-5-6-7-8-9-10-11-12-13-14-15-16-22(21-23,17-19-24)18-20-25/h24-25H,2-21,23H2,1H3. The van der Waals surface area contributed by atoms with Gasteiger partial charge in [-0.2, -0.15) is 0 Å². The van der Waals surface area contributed by atoms with Crippen molar-refractivity contribution in [2.45, 2.75) is 116 Å². The molecule has 0 spiro atoms. The van der Waals surface area contributed by atoms with Crippen molar-refractivity contribution in [3.8, 4) is 0 Å². The minimum absolute atomic E-state index is 0.0410. The van der Waals surface area contributed by atoms with Crippen LogP contribution in [0, 0.1) is 5.41 Å². The van der Waals surface area contributed by atoms with E-state index in [1.165, 1.54) is 89.9 Å². The number of hydrogen-bond donors (Lipinski definition) is 3. The highest BCUT2D eigenvalue weighted by Crippen LogP contribution is 2.31. The van der Waals surface area contributed by atoms with Gasteiger partial charge >= 0.3 is 0 Å². The zero-order chi connectivity index (χ0) is 18.6. The van der Waals surface area contributed by atoms with Crippen LogP contribution in [0.3, 0.4) is 0 Å². The minimum Gasteiger partial charge on any atom is -0.396 e. The van der Waals surface area contributed by atoms with Crippen molar-refractivity contribution >= 4 is 0 Å². The average Bonchev–Trinajstić information content (AvgIpc) is 2.62. The second-order valence-corrected chi connectivity index (χ2v) is 8.00. The van der Waals surface area contributed by atoms with Crippen molar-refractivity contribution in [2.75, 3.05) is 19.8 Å². The maximum Gasteiger partial charge on any atom is 0.0436 e. The first-order valence-electron chi connectivity index (χ1n) is 11.2. The van der Waals surface area contributed by atoms with Gasteiger partial charge in [0.05, 0.1) is 0 Å². The molecule has 0 aromatic heterocycles. The second kappa shape index (κ2) is 18.7. The molecule has 0 radical (unpaired) electrons. The smallest absolute Gasteiger partial charge is 0.0436 e.